The van der Waals surface area contributed by atoms with Gasteiger partial charge in [0.2, 0.25) is 0 Å². The molecular weight excluding hydrogens is 499 g/mol. The number of carbonyl (C=O) groups is 1. The van der Waals surface area contributed by atoms with Crippen molar-refractivity contribution in [3.05, 3.63) is 59.0 Å². The molecule has 2 N–H and O–H groups in total. The van der Waals surface area contributed by atoms with Crippen molar-refractivity contribution in [2.24, 2.45) is 0 Å². The van der Waals surface area contributed by atoms with Gasteiger partial charge in [-0.1, -0.05) is 0 Å². The number of hydrogen-bond donors (Lipinski definition) is 2. The highest BCUT2D eigenvalue weighted by Crippen LogP contribution is 2.40. The highest BCUT2D eigenvalue weighted by Gasteiger charge is 2.30. The van der Waals surface area contributed by atoms with Gasteiger partial charge < -0.3 is 29.9 Å². The second kappa shape index (κ2) is 11.8. The van der Waals surface area contributed by atoms with Crippen LogP contribution in [0.2, 0.25) is 0 Å². The molecule has 3 heterocycles. The van der Waals surface area contributed by atoms with Crippen LogP contribution < -0.4 is 15.1 Å². The Hall–Kier alpha value is -3.34. The third kappa shape index (κ3) is 5.98. The minimum atomic E-state index is -0.303. The van der Waals surface area contributed by atoms with Crippen molar-refractivity contribution >= 4 is 28.4 Å². The van der Waals surface area contributed by atoms with Gasteiger partial charge in [-0.2, -0.15) is 0 Å². The molecule has 10 heteroatoms. The van der Waals surface area contributed by atoms with E-state index in [1.165, 1.54) is 6.07 Å². The molecule has 0 spiro atoms. The van der Waals surface area contributed by atoms with Crippen LogP contribution in [0.3, 0.4) is 0 Å². The number of benzene rings is 2. The van der Waals surface area contributed by atoms with Crippen LogP contribution in [0.1, 0.15) is 47.3 Å². The van der Waals surface area contributed by atoms with E-state index in [2.05, 4.69) is 15.1 Å². The summed E-state index contributed by atoms with van der Waals surface area (Å²) in [5.41, 5.74) is 4.53. The Morgan fingerprint density at radius 3 is 2.74 bits per heavy atom. The summed E-state index contributed by atoms with van der Waals surface area (Å²) in [4.78, 5) is 28.8. The van der Waals surface area contributed by atoms with Crippen molar-refractivity contribution in [3.8, 4) is 0 Å². The first-order chi connectivity index (χ1) is 18.8. The Morgan fingerprint density at radius 1 is 1.21 bits per heavy atom. The van der Waals surface area contributed by atoms with Crippen LogP contribution in [0, 0.1) is 5.82 Å². The molecule has 2 aromatic carbocycles. The Bertz CT molecular complexity index is 1330. The molecule has 0 saturated carbocycles. The predicted molar refractivity (Wildman–Crippen MR) is 150 cm³/mol. The van der Waals surface area contributed by atoms with Crippen molar-refractivity contribution < 1.29 is 19.0 Å². The highest BCUT2D eigenvalue weighted by atomic mass is 19.1. The number of nitrogens with zero attached hydrogens (tertiary/aromatic N) is 5. The lowest BCUT2D eigenvalue weighted by atomic mass is 9.98. The van der Waals surface area contributed by atoms with Crippen LogP contribution >= 0.6 is 0 Å². The normalized spacial score (nSPS) is 18.5. The first-order valence-corrected chi connectivity index (χ1v) is 13.6. The number of carbonyl (C=O) groups excluding carboxylic acids is 1. The van der Waals surface area contributed by atoms with E-state index in [4.69, 9.17) is 14.7 Å². The lowest BCUT2D eigenvalue weighted by Gasteiger charge is -2.30. The Labute approximate surface area is 228 Å². The summed E-state index contributed by atoms with van der Waals surface area (Å²) >= 11 is 0. The van der Waals surface area contributed by atoms with Crippen LogP contribution in [0.4, 0.5) is 15.9 Å². The zero-order valence-corrected chi connectivity index (χ0v) is 22.9. The molecule has 2 aliphatic rings. The van der Waals surface area contributed by atoms with E-state index in [0.29, 0.717) is 30.8 Å². The molecule has 9 nitrogen and oxygen atoms in total. The fourth-order valence-corrected chi connectivity index (χ4v) is 5.37. The van der Waals surface area contributed by atoms with Crippen molar-refractivity contribution in [1.82, 2.24) is 20.2 Å². The van der Waals surface area contributed by atoms with Crippen molar-refractivity contribution in [3.63, 3.8) is 0 Å². The minimum Gasteiger partial charge on any atom is -0.395 e. The van der Waals surface area contributed by atoms with Gasteiger partial charge >= 0.3 is 0 Å². The second-order valence-corrected chi connectivity index (χ2v) is 10.6. The van der Waals surface area contributed by atoms with Gasteiger partial charge in [0.05, 0.1) is 43.1 Å². The van der Waals surface area contributed by atoms with E-state index < -0.39 is 0 Å². The van der Waals surface area contributed by atoms with E-state index in [1.54, 1.807) is 31.3 Å². The van der Waals surface area contributed by atoms with Crippen molar-refractivity contribution in [2.75, 3.05) is 63.4 Å². The molecule has 0 radical (unpaired) electrons. The van der Waals surface area contributed by atoms with E-state index in [-0.39, 0.29) is 30.4 Å². The van der Waals surface area contributed by atoms with Gasteiger partial charge in [0.25, 0.3) is 5.91 Å². The molecular formula is C29H37FN6O3. The fourth-order valence-electron chi connectivity index (χ4n) is 5.37. The van der Waals surface area contributed by atoms with Gasteiger partial charge in [0, 0.05) is 63.1 Å². The molecule has 1 aromatic heterocycles. The molecule has 39 heavy (non-hydrogen) atoms. The average Bonchev–Trinajstić information content (AvgIpc) is 3.44. The summed E-state index contributed by atoms with van der Waals surface area (Å²) in [6.45, 7) is 5.90. The number of ether oxygens (including phenoxy) is 1. The van der Waals surface area contributed by atoms with E-state index in [0.717, 1.165) is 60.6 Å². The molecule has 1 unspecified atom stereocenters. The number of aliphatic hydroxyl groups excluding tert-OH is 1. The average molecular weight is 537 g/mol. The minimum absolute atomic E-state index is 0.0128. The molecule has 5 rings (SSSR count). The number of rotatable bonds is 8. The zero-order chi connectivity index (χ0) is 27.5. The first kappa shape index (κ1) is 27.2. The Morgan fingerprint density at radius 2 is 2.00 bits per heavy atom. The molecule has 2 aliphatic heterocycles. The summed E-state index contributed by atoms with van der Waals surface area (Å²) in [7, 11) is 3.47. The number of nitrogens with one attached hydrogen (secondary N) is 1. The largest absolute Gasteiger partial charge is 0.395 e. The van der Waals surface area contributed by atoms with Crippen LogP contribution in [-0.2, 0) is 11.3 Å². The lowest BCUT2D eigenvalue weighted by molar-refractivity contribution is 0.0827. The maximum absolute atomic E-state index is 14.8. The fraction of sp³-hybridized carbons (Fsp3) is 0.483. The monoisotopic (exact) mass is 536 g/mol. The van der Waals surface area contributed by atoms with Crippen LogP contribution in [0.5, 0.6) is 0 Å². The maximum atomic E-state index is 14.8. The SMILES string of the molecule is C[C@H](CO)NCc1cc(F)cc(N2CCCC2c2cc(C(=O)N(C)C)cc3ncc(N4CCOCC4)nc23)c1. The smallest absolute Gasteiger partial charge is 0.253 e. The van der Waals surface area contributed by atoms with E-state index in [1.807, 2.05) is 25.1 Å². The molecule has 3 aromatic rings. The van der Waals surface area contributed by atoms with Gasteiger partial charge in [-0.3, -0.25) is 9.78 Å². The summed E-state index contributed by atoms with van der Waals surface area (Å²) < 4.78 is 20.3. The summed E-state index contributed by atoms with van der Waals surface area (Å²) in [6, 6.07) is 8.67. The molecule has 1 amide bonds. The zero-order valence-electron chi connectivity index (χ0n) is 22.9. The predicted octanol–water partition coefficient (Wildman–Crippen LogP) is 3.12. The molecule has 2 atom stereocenters. The number of aromatic nitrogens is 2. The van der Waals surface area contributed by atoms with Crippen molar-refractivity contribution in [1.29, 1.82) is 0 Å². The molecule has 2 saturated heterocycles. The number of amides is 1. The number of halogens is 1. The maximum Gasteiger partial charge on any atom is 0.253 e. The lowest BCUT2D eigenvalue weighted by Crippen LogP contribution is -2.36. The van der Waals surface area contributed by atoms with Gasteiger partial charge in [-0.05, 0) is 55.7 Å². The van der Waals surface area contributed by atoms with Gasteiger partial charge in [0.15, 0.2) is 0 Å². The second-order valence-electron chi connectivity index (χ2n) is 10.6. The van der Waals surface area contributed by atoms with Gasteiger partial charge in [-0.15, -0.1) is 0 Å². The number of anilines is 2. The molecule has 2 fully saturated rings. The first-order valence-electron chi connectivity index (χ1n) is 13.6. The van der Waals surface area contributed by atoms with Crippen LogP contribution in [0.15, 0.2) is 36.5 Å². The summed E-state index contributed by atoms with van der Waals surface area (Å²) in [5, 5.41) is 12.6. The Kier molecular flexibility index (Phi) is 8.25. The molecule has 0 bridgehead atoms. The van der Waals surface area contributed by atoms with E-state index in [9.17, 15) is 14.3 Å². The van der Waals surface area contributed by atoms with Gasteiger partial charge in [0.1, 0.15) is 11.6 Å². The molecule has 0 aliphatic carbocycles. The number of morpholine rings is 1. The molecule has 208 valence electrons. The topological polar surface area (TPSA) is 94.1 Å². The Balaban J connectivity index is 1.56. The van der Waals surface area contributed by atoms with Crippen LogP contribution in [-0.4, -0.2) is 85.5 Å². The number of hydrogen-bond acceptors (Lipinski definition) is 8. The highest BCUT2D eigenvalue weighted by molar-refractivity contribution is 5.98. The van der Waals surface area contributed by atoms with Crippen LogP contribution in [0.25, 0.3) is 11.0 Å². The third-order valence-electron chi connectivity index (χ3n) is 7.47. The summed E-state index contributed by atoms with van der Waals surface area (Å²) in [5.74, 6) is 0.390. The van der Waals surface area contributed by atoms with Crippen molar-refractivity contribution in [2.45, 2.75) is 38.4 Å². The summed E-state index contributed by atoms with van der Waals surface area (Å²) in [6.07, 6.45) is 3.55. The standard InChI is InChI=1S/C29H37FN6O3/c1-19(18-37)31-16-20-11-22(30)15-23(12-20)36-6-4-5-26(36)24-13-21(29(38)34(2)3)14-25-28(24)33-27(17-32-25)35-7-9-39-10-8-35/h11-15,17,19,26,31,37H,4-10,16,18H2,1-3H3/t19-,26?/m1/s1. The number of aliphatic hydroxyl groups is 1. The quantitative estimate of drug-likeness (QED) is 0.454. The van der Waals surface area contributed by atoms with Gasteiger partial charge in [-0.25, -0.2) is 9.37 Å². The number of fused-ring (bicyclic) bond motifs is 1. The van der Waals surface area contributed by atoms with E-state index >= 15 is 0 Å². The third-order valence-corrected chi connectivity index (χ3v) is 7.47.